The van der Waals surface area contributed by atoms with Crippen LogP contribution in [0.3, 0.4) is 0 Å². The minimum atomic E-state index is -1.41. The van der Waals surface area contributed by atoms with Crippen molar-refractivity contribution < 1.29 is 23.7 Å². The third-order valence-corrected chi connectivity index (χ3v) is 5.79. The van der Waals surface area contributed by atoms with Crippen molar-refractivity contribution in [1.82, 2.24) is 0 Å². The van der Waals surface area contributed by atoms with Crippen molar-refractivity contribution in [3.8, 4) is 11.5 Å². The van der Waals surface area contributed by atoms with Gasteiger partial charge in [0.25, 0.3) is 11.7 Å². The fraction of sp³-hybridized carbons (Fsp3) is 0.458. The molecule has 31 heavy (non-hydrogen) atoms. The Bertz CT molecular complexity index is 955. The van der Waals surface area contributed by atoms with Crippen LogP contribution in [-0.4, -0.2) is 32.8 Å². The van der Waals surface area contributed by atoms with E-state index < -0.39 is 5.79 Å². The molecule has 7 heteroatoms. The first-order chi connectivity index (χ1) is 14.9. The van der Waals surface area contributed by atoms with Crippen LogP contribution in [-0.2, 0) is 26.6 Å². The van der Waals surface area contributed by atoms with Gasteiger partial charge >= 0.3 is 0 Å². The number of anilines is 1. The third-order valence-electron chi connectivity index (χ3n) is 5.55. The maximum atomic E-state index is 13.5. The molecule has 4 rings (SSSR count). The molecule has 2 heterocycles. The lowest BCUT2D eigenvalue weighted by molar-refractivity contribution is -0.256. The number of hydrogen-bond acceptors (Lipinski definition) is 5. The van der Waals surface area contributed by atoms with Crippen LogP contribution >= 0.6 is 11.6 Å². The van der Waals surface area contributed by atoms with E-state index >= 15 is 0 Å². The van der Waals surface area contributed by atoms with E-state index in [-0.39, 0.29) is 5.91 Å². The lowest BCUT2D eigenvalue weighted by Gasteiger charge is -2.32. The van der Waals surface area contributed by atoms with Crippen molar-refractivity contribution in [3.63, 3.8) is 0 Å². The Hall–Kier alpha value is -2.28. The van der Waals surface area contributed by atoms with Gasteiger partial charge in [-0.25, -0.2) is 0 Å². The molecule has 2 aliphatic heterocycles. The molecule has 0 radical (unpaired) electrons. The number of methoxy groups -OCH3 is 1. The number of halogens is 1. The number of benzene rings is 2. The van der Waals surface area contributed by atoms with E-state index in [1.807, 2.05) is 24.3 Å². The molecule has 1 spiro atoms. The molecule has 2 aromatic rings. The Morgan fingerprint density at radius 1 is 1.13 bits per heavy atom. The summed E-state index contributed by atoms with van der Waals surface area (Å²) in [4.78, 5) is 15.1. The lowest BCUT2D eigenvalue weighted by Crippen LogP contribution is -2.47. The van der Waals surface area contributed by atoms with Gasteiger partial charge in [0.05, 0.1) is 39.2 Å². The van der Waals surface area contributed by atoms with E-state index in [0.29, 0.717) is 54.4 Å². The standard InChI is InChI=1S/C24H28ClNO5/c1-16(2)9-12-29-21-8-5-17(13-22(21)28-3)15-26-20-7-6-18(25)14-19(20)24(23(26)27)30-10-4-11-31-24/h5-8,13-14,16H,4,9-12,15H2,1-3H3. The average Bonchev–Trinajstić information content (AvgIpc) is 2.97. The highest BCUT2D eigenvalue weighted by Gasteiger charge is 2.54. The topological polar surface area (TPSA) is 57.2 Å². The van der Waals surface area contributed by atoms with E-state index in [1.165, 1.54) is 0 Å². The van der Waals surface area contributed by atoms with Gasteiger partial charge in [-0.2, -0.15) is 0 Å². The summed E-state index contributed by atoms with van der Waals surface area (Å²) in [7, 11) is 1.62. The number of fused-ring (bicyclic) bond motifs is 2. The molecule has 2 aromatic carbocycles. The quantitative estimate of drug-likeness (QED) is 0.606. The maximum absolute atomic E-state index is 13.5. The highest BCUT2D eigenvalue weighted by atomic mass is 35.5. The summed E-state index contributed by atoms with van der Waals surface area (Å²) < 4.78 is 23.2. The molecule has 1 amide bonds. The number of amides is 1. The van der Waals surface area contributed by atoms with Gasteiger partial charge in [0.1, 0.15) is 0 Å². The number of carbonyl (C=O) groups is 1. The Morgan fingerprint density at radius 3 is 2.61 bits per heavy atom. The number of ether oxygens (including phenoxy) is 4. The molecule has 1 fully saturated rings. The number of hydrogen-bond donors (Lipinski definition) is 0. The predicted octanol–water partition coefficient (Wildman–Crippen LogP) is 4.91. The molecule has 0 atom stereocenters. The van der Waals surface area contributed by atoms with Gasteiger partial charge < -0.3 is 23.8 Å². The first kappa shape index (κ1) is 21.9. The molecule has 0 saturated carbocycles. The average molecular weight is 446 g/mol. The van der Waals surface area contributed by atoms with E-state index in [2.05, 4.69) is 13.8 Å². The highest BCUT2D eigenvalue weighted by molar-refractivity contribution is 6.31. The zero-order chi connectivity index (χ0) is 22.0. The van der Waals surface area contributed by atoms with Crippen molar-refractivity contribution in [1.29, 1.82) is 0 Å². The second kappa shape index (κ2) is 9.07. The normalized spacial score (nSPS) is 17.3. The van der Waals surface area contributed by atoms with E-state index in [1.54, 1.807) is 24.1 Å². The minimum absolute atomic E-state index is 0.235. The first-order valence-corrected chi connectivity index (χ1v) is 11.0. The van der Waals surface area contributed by atoms with Gasteiger partial charge in [-0.05, 0) is 54.7 Å². The minimum Gasteiger partial charge on any atom is -0.493 e. The fourth-order valence-electron chi connectivity index (χ4n) is 3.89. The summed E-state index contributed by atoms with van der Waals surface area (Å²) in [6, 6.07) is 11.1. The molecule has 1 saturated heterocycles. The molecule has 0 N–H and O–H groups in total. The third kappa shape index (κ3) is 4.25. The van der Waals surface area contributed by atoms with Gasteiger partial charge in [0, 0.05) is 10.6 Å². The van der Waals surface area contributed by atoms with Crippen LogP contribution in [0.1, 0.15) is 37.8 Å². The largest absolute Gasteiger partial charge is 0.493 e. The van der Waals surface area contributed by atoms with Crippen molar-refractivity contribution in [2.24, 2.45) is 5.92 Å². The van der Waals surface area contributed by atoms with Crippen molar-refractivity contribution in [3.05, 3.63) is 52.5 Å². The summed E-state index contributed by atoms with van der Waals surface area (Å²) in [5.74, 6) is 0.256. The van der Waals surface area contributed by atoms with Gasteiger partial charge in [0.2, 0.25) is 0 Å². The fourth-order valence-corrected chi connectivity index (χ4v) is 4.07. The van der Waals surface area contributed by atoms with Gasteiger partial charge in [0.15, 0.2) is 11.5 Å². The van der Waals surface area contributed by atoms with Crippen LogP contribution in [0.25, 0.3) is 0 Å². The smallest absolute Gasteiger partial charge is 0.292 e. The van der Waals surface area contributed by atoms with Crippen LogP contribution in [0.5, 0.6) is 11.5 Å². The molecular formula is C24H28ClNO5. The molecule has 166 valence electrons. The Balaban J connectivity index is 1.60. The number of nitrogens with zero attached hydrogens (tertiary/aromatic N) is 1. The second-order valence-electron chi connectivity index (χ2n) is 8.24. The van der Waals surface area contributed by atoms with E-state index in [4.69, 9.17) is 30.5 Å². The summed E-state index contributed by atoms with van der Waals surface area (Å²) in [5, 5.41) is 0.537. The van der Waals surface area contributed by atoms with Gasteiger partial charge in [-0.1, -0.05) is 31.5 Å². The monoisotopic (exact) mass is 445 g/mol. The Morgan fingerprint density at radius 2 is 1.90 bits per heavy atom. The van der Waals surface area contributed by atoms with Gasteiger partial charge in [-0.15, -0.1) is 0 Å². The van der Waals surface area contributed by atoms with Gasteiger partial charge in [-0.3, -0.25) is 4.79 Å². The molecule has 0 aromatic heterocycles. The zero-order valence-electron chi connectivity index (χ0n) is 18.2. The summed E-state index contributed by atoms with van der Waals surface area (Å²) in [6.07, 6.45) is 1.72. The van der Waals surface area contributed by atoms with Crippen molar-refractivity contribution in [2.45, 2.75) is 39.0 Å². The summed E-state index contributed by atoms with van der Waals surface area (Å²) in [5.41, 5.74) is 2.31. The highest BCUT2D eigenvalue weighted by Crippen LogP contribution is 2.47. The lowest BCUT2D eigenvalue weighted by atomic mass is 10.1. The Kier molecular flexibility index (Phi) is 6.42. The molecule has 6 nitrogen and oxygen atoms in total. The van der Waals surface area contributed by atoms with Crippen LogP contribution in [0.2, 0.25) is 5.02 Å². The second-order valence-corrected chi connectivity index (χ2v) is 8.67. The summed E-state index contributed by atoms with van der Waals surface area (Å²) >= 11 is 6.23. The van der Waals surface area contributed by atoms with Crippen molar-refractivity contribution in [2.75, 3.05) is 31.8 Å². The van der Waals surface area contributed by atoms with E-state index in [0.717, 1.165) is 24.1 Å². The first-order valence-electron chi connectivity index (χ1n) is 10.6. The molecule has 0 bridgehead atoms. The molecular weight excluding hydrogens is 418 g/mol. The molecule has 0 unspecified atom stereocenters. The summed E-state index contributed by atoms with van der Waals surface area (Å²) in [6.45, 7) is 6.22. The predicted molar refractivity (Wildman–Crippen MR) is 119 cm³/mol. The SMILES string of the molecule is COc1cc(CN2C(=O)C3(OCCCO3)c3cc(Cl)ccc32)ccc1OCCC(C)C. The van der Waals surface area contributed by atoms with E-state index in [9.17, 15) is 4.79 Å². The van der Waals surface area contributed by atoms with Crippen LogP contribution in [0.15, 0.2) is 36.4 Å². The van der Waals surface area contributed by atoms with Crippen LogP contribution in [0.4, 0.5) is 5.69 Å². The van der Waals surface area contributed by atoms with Crippen LogP contribution in [0, 0.1) is 5.92 Å². The van der Waals surface area contributed by atoms with Crippen molar-refractivity contribution >= 4 is 23.2 Å². The Labute approximate surface area is 188 Å². The number of rotatable bonds is 7. The zero-order valence-corrected chi connectivity index (χ0v) is 18.9. The number of carbonyl (C=O) groups excluding carboxylic acids is 1. The molecule has 2 aliphatic rings. The molecule has 0 aliphatic carbocycles. The van der Waals surface area contributed by atoms with Crippen LogP contribution < -0.4 is 14.4 Å². The maximum Gasteiger partial charge on any atom is 0.292 e.